The summed E-state index contributed by atoms with van der Waals surface area (Å²) in [5.74, 6) is -0.175. The molecule has 0 heterocycles. The summed E-state index contributed by atoms with van der Waals surface area (Å²) in [7, 11) is -2.15. The zero-order valence-corrected chi connectivity index (χ0v) is 21.7. The first-order valence-corrected chi connectivity index (χ1v) is 14.5. The van der Waals surface area contributed by atoms with Crippen molar-refractivity contribution in [1.29, 1.82) is 0 Å². The highest BCUT2D eigenvalue weighted by Gasteiger charge is 2.35. The topological polar surface area (TPSA) is 26.3 Å². The van der Waals surface area contributed by atoms with E-state index < -0.39 is 10.3 Å². The highest BCUT2D eigenvalue weighted by molar-refractivity contribution is 8.30. The van der Waals surface area contributed by atoms with Gasteiger partial charge in [0, 0.05) is 21.1 Å². The minimum Gasteiger partial charge on any atom is -0.402 e. The molecular formula is C31H40O2S. The lowest BCUT2D eigenvalue weighted by atomic mass is 10.0. The smallest absolute Gasteiger partial charge is 0.316 e. The van der Waals surface area contributed by atoms with Crippen LogP contribution >= 0.6 is 10.3 Å². The van der Waals surface area contributed by atoms with Crippen molar-refractivity contribution in [2.24, 2.45) is 0 Å². The Morgan fingerprint density at radius 1 is 0.618 bits per heavy atom. The van der Waals surface area contributed by atoms with E-state index in [4.69, 9.17) is 4.18 Å². The summed E-state index contributed by atoms with van der Waals surface area (Å²) in [6, 6.07) is 29.3. The minimum absolute atomic E-state index is 0.175. The van der Waals surface area contributed by atoms with E-state index in [1.54, 1.807) is 0 Å². The summed E-state index contributed by atoms with van der Waals surface area (Å²) < 4.78 is 6.38. The van der Waals surface area contributed by atoms with Crippen LogP contribution < -0.4 is 0 Å². The Balaban J connectivity index is 1.80. The monoisotopic (exact) mass is 476 g/mol. The molecule has 3 rings (SSSR count). The van der Waals surface area contributed by atoms with Gasteiger partial charge < -0.3 is 4.18 Å². The molecule has 34 heavy (non-hydrogen) atoms. The van der Waals surface area contributed by atoms with Crippen LogP contribution in [0.2, 0.25) is 0 Å². The quantitative estimate of drug-likeness (QED) is 0.216. The van der Waals surface area contributed by atoms with E-state index in [1.165, 1.54) is 56.9 Å². The Hall–Kier alpha value is -2.52. The molecule has 3 heteroatoms. The summed E-state index contributed by atoms with van der Waals surface area (Å²) >= 11 is 0. The van der Waals surface area contributed by atoms with Gasteiger partial charge in [-0.1, -0.05) is 107 Å². The fraction of sp³-hybridized carbons (Fsp3) is 0.387. The van der Waals surface area contributed by atoms with Crippen LogP contribution in [0.4, 0.5) is 0 Å². The predicted molar refractivity (Wildman–Crippen MR) is 144 cm³/mol. The van der Waals surface area contributed by atoms with Gasteiger partial charge in [-0.05, 0) is 65.1 Å². The molecule has 0 N–H and O–H groups in total. The van der Waals surface area contributed by atoms with Crippen LogP contribution in [0.3, 0.4) is 0 Å². The average molecular weight is 477 g/mol. The lowest BCUT2D eigenvalue weighted by molar-refractivity contribution is -0.133. The number of aryl methyl sites for hydroxylation is 1. The Bertz CT molecular complexity index is 928. The van der Waals surface area contributed by atoms with Crippen LogP contribution in [0.25, 0.3) is 0 Å². The molecule has 2 nitrogen and oxygen atoms in total. The highest BCUT2D eigenvalue weighted by atomic mass is 32.3. The number of benzene rings is 3. The summed E-state index contributed by atoms with van der Waals surface area (Å²) in [6.07, 6.45) is 12.1. The van der Waals surface area contributed by atoms with Crippen LogP contribution in [-0.2, 0) is 15.4 Å². The molecule has 3 aromatic carbocycles. The van der Waals surface area contributed by atoms with Gasteiger partial charge in [-0.3, -0.25) is 4.79 Å². The molecule has 0 spiro atoms. The van der Waals surface area contributed by atoms with E-state index in [0.29, 0.717) is 6.42 Å². The fourth-order valence-corrected chi connectivity index (χ4v) is 7.39. The maximum atomic E-state index is 12.7. The number of unbranched alkanes of at least 4 members (excludes halogenated alkanes) is 7. The van der Waals surface area contributed by atoms with Gasteiger partial charge in [0.1, 0.15) is 0 Å². The molecule has 0 aliphatic heterocycles. The van der Waals surface area contributed by atoms with Crippen molar-refractivity contribution in [2.45, 2.75) is 92.7 Å². The van der Waals surface area contributed by atoms with Crippen molar-refractivity contribution in [2.75, 3.05) is 0 Å². The van der Waals surface area contributed by atoms with Crippen molar-refractivity contribution >= 4 is 16.3 Å². The average Bonchev–Trinajstić information content (AvgIpc) is 2.90. The first-order chi connectivity index (χ1) is 16.7. The van der Waals surface area contributed by atoms with Crippen molar-refractivity contribution in [3.8, 4) is 0 Å². The molecule has 0 bridgehead atoms. The van der Waals surface area contributed by atoms with Crippen molar-refractivity contribution in [3.63, 3.8) is 0 Å². The highest BCUT2D eigenvalue weighted by Crippen LogP contribution is 2.69. The predicted octanol–water partition coefficient (Wildman–Crippen LogP) is 9.52. The third kappa shape index (κ3) is 6.99. The number of carbonyl (C=O) groups is 1. The molecular weight excluding hydrogens is 436 g/mol. The van der Waals surface area contributed by atoms with E-state index in [2.05, 4.69) is 55.5 Å². The largest absolute Gasteiger partial charge is 0.402 e. The first-order valence-electron chi connectivity index (χ1n) is 13.0. The lowest BCUT2D eigenvalue weighted by Crippen LogP contribution is -2.13. The van der Waals surface area contributed by atoms with Gasteiger partial charge >= 0.3 is 5.97 Å². The normalized spacial score (nSPS) is 11.8. The van der Waals surface area contributed by atoms with Gasteiger partial charge in [0.2, 0.25) is 0 Å². The van der Waals surface area contributed by atoms with Gasteiger partial charge in [-0.25, -0.2) is 0 Å². The van der Waals surface area contributed by atoms with E-state index in [0.717, 1.165) is 21.1 Å². The summed E-state index contributed by atoms with van der Waals surface area (Å²) in [6.45, 7) is 4.12. The van der Waals surface area contributed by atoms with Gasteiger partial charge in [0.15, 0.2) is 0 Å². The second-order valence-corrected chi connectivity index (χ2v) is 11.6. The number of carbonyl (C=O) groups excluding carboxylic acids is 1. The first kappa shape index (κ1) is 26.1. The molecule has 182 valence electrons. The second kappa shape index (κ2) is 14.0. The van der Waals surface area contributed by atoms with E-state index >= 15 is 0 Å². The zero-order chi connectivity index (χ0) is 24.1. The second-order valence-electron chi connectivity index (χ2n) is 8.86. The SMILES string of the molecule is CCCCCCCCCCc1ccc(S(OC(=O)CC)(c2ccccc2)c2ccccc2)cc1. The molecule has 0 unspecified atom stereocenters. The molecule has 0 saturated heterocycles. The van der Waals surface area contributed by atoms with E-state index in [-0.39, 0.29) is 5.97 Å². The molecule has 0 atom stereocenters. The van der Waals surface area contributed by atoms with Crippen LogP contribution in [0.5, 0.6) is 0 Å². The van der Waals surface area contributed by atoms with Gasteiger partial charge in [0.25, 0.3) is 0 Å². The Morgan fingerprint density at radius 3 is 1.59 bits per heavy atom. The number of hydrogen-bond donors (Lipinski definition) is 0. The Kier molecular flexibility index (Phi) is 10.8. The summed E-state index contributed by atoms with van der Waals surface area (Å²) in [5.41, 5.74) is 1.35. The maximum Gasteiger partial charge on any atom is 0.316 e. The fourth-order valence-electron chi connectivity index (χ4n) is 4.29. The molecule has 0 fully saturated rings. The van der Waals surface area contributed by atoms with Crippen LogP contribution in [-0.4, -0.2) is 5.97 Å². The molecule has 0 aliphatic carbocycles. The third-order valence-electron chi connectivity index (χ3n) is 6.23. The standard InChI is InChI=1S/C31H40O2S/c1-3-5-6-7-8-9-10-13-18-27-23-25-30(26-24-27)34(33-31(32)4-2,28-19-14-11-15-20-28)29-21-16-12-17-22-29/h11-12,14-17,19-26H,3-10,13,18H2,1-2H3. The van der Waals surface area contributed by atoms with Crippen molar-refractivity contribution < 1.29 is 8.98 Å². The van der Waals surface area contributed by atoms with E-state index in [9.17, 15) is 4.79 Å². The van der Waals surface area contributed by atoms with Gasteiger partial charge in [0.05, 0.1) is 0 Å². The molecule has 0 saturated carbocycles. The third-order valence-corrected chi connectivity index (χ3v) is 9.48. The molecule has 0 amide bonds. The zero-order valence-electron chi connectivity index (χ0n) is 20.9. The number of rotatable bonds is 14. The van der Waals surface area contributed by atoms with Gasteiger partial charge in [-0.15, -0.1) is 0 Å². The van der Waals surface area contributed by atoms with Crippen LogP contribution in [0, 0.1) is 0 Å². The van der Waals surface area contributed by atoms with Crippen molar-refractivity contribution in [1.82, 2.24) is 0 Å². The van der Waals surface area contributed by atoms with E-state index in [1.807, 2.05) is 43.3 Å². The maximum absolute atomic E-state index is 12.7. The molecule has 0 radical (unpaired) electrons. The van der Waals surface area contributed by atoms with Crippen molar-refractivity contribution in [3.05, 3.63) is 90.5 Å². The summed E-state index contributed by atoms with van der Waals surface area (Å²) in [5, 5.41) is 0. The Morgan fingerprint density at radius 2 is 1.09 bits per heavy atom. The number of hydrogen-bond acceptors (Lipinski definition) is 2. The lowest BCUT2D eigenvalue weighted by Gasteiger charge is -2.39. The minimum atomic E-state index is -2.15. The summed E-state index contributed by atoms with van der Waals surface area (Å²) in [4.78, 5) is 15.8. The van der Waals surface area contributed by atoms with Gasteiger partial charge in [-0.2, -0.15) is 0 Å². The van der Waals surface area contributed by atoms with Crippen LogP contribution in [0.15, 0.2) is 99.6 Å². The molecule has 3 aromatic rings. The Labute approximate surface area is 208 Å². The molecule has 0 aromatic heterocycles. The molecule has 0 aliphatic rings. The van der Waals surface area contributed by atoms with Crippen LogP contribution in [0.1, 0.15) is 77.2 Å².